The van der Waals surface area contributed by atoms with Crippen LogP contribution in [0.25, 0.3) is 0 Å². The van der Waals surface area contributed by atoms with E-state index in [0.717, 1.165) is 29.3 Å². The SMILES string of the molecule is CCc1cccc(C(C)C)c1Oc1ccccc1Nc1ccccc1C. The molecule has 3 rings (SSSR count). The molecule has 1 N–H and O–H groups in total. The predicted molar refractivity (Wildman–Crippen MR) is 111 cm³/mol. The van der Waals surface area contributed by atoms with E-state index in [1.54, 1.807) is 0 Å². The maximum Gasteiger partial charge on any atom is 0.150 e. The molecule has 0 heterocycles. The van der Waals surface area contributed by atoms with Crippen molar-refractivity contribution >= 4 is 11.4 Å². The van der Waals surface area contributed by atoms with Gasteiger partial charge in [0, 0.05) is 5.69 Å². The number of aryl methyl sites for hydroxylation is 2. The largest absolute Gasteiger partial charge is 0.455 e. The van der Waals surface area contributed by atoms with Gasteiger partial charge >= 0.3 is 0 Å². The van der Waals surface area contributed by atoms with Crippen LogP contribution in [0, 0.1) is 6.92 Å². The number of nitrogens with one attached hydrogen (secondary N) is 1. The minimum atomic E-state index is 0.410. The average Bonchev–Trinajstić information content (AvgIpc) is 2.65. The summed E-state index contributed by atoms with van der Waals surface area (Å²) in [5, 5.41) is 3.52. The van der Waals surface area contributed by atoms with Gasteiger partial charge in [-0.15, -0.1) is 0 Å². The Morgan fingerprint density at radius 1 is 0.846 bits per heavy atom. The highest BCUT2D eigenvalue weighted by Gasteiger charge is 2.14. The van der Waals surface area contributed by atoms with Gasteiger partial charge in [-0.3, -0.25) is 0 Å². The van der Waals surface area contributed by atoms with Crippen molar-refractivity contribution in [2.75, 3.05) is 5.32 Å². The molecule has 134 valence electrons. The van der Waals surface area contributed by atoms with Crippen molar-refractivity contribution < 1.29 is 4.74 Å². The summed E-state index contributed by atoms with van der Waals surface area (Å²) in [6.45, 7) is 8.69. The van der Waals surface area contributed by atoms with Crippen molar-refractivity contribution in [3.8, 4) is 11.5 Å². The van der Waals surface area contributed by atoms with Gasteiger partial charge in [0.15, 0.2) is 5.75 Å². The average molecular weight is 345 g/mol. The molecule has 0 unspecified atom stereocenters. The fourth-order valence-electron chi connectivity index (χ4n) is 3.09. The number of anilines is 2. The van der Waals surface area contributed by atoms with Gasteiger partial charge in [-0.2, -0.15) is 0 Å². The summed E-state index contributed by atoms with van der Waals surface area (Å²) in [5.41, 5.74) is 5.76. The quantitative estimate of drug-likeness (QED) is 0.509. The van der Waals surface area contributed by atoms with E-state index in [2.05, 4.69) is 75.5 Å². The molecule has 0 fully saturated rings. The molecule has 0 aliphatic carbocycles. The monoisotopic (exact) mass is 345 g/mol. The maximum absolute atomic E-state index is 6.47. The molecule has 0 radical (unpaired) electrons. The van der Waals surface area contributed by atoms with Crippen LogP contribution in [0.1, 0.15) is 43.4 Å². The molecule has 0 aromatic heterocycles. The lowest BCUT2D eigenvalue weighted by Crippen LogP contribution is -2.01. The predicted octanol–water partition coefficient (Wildman–Crippen LogP) is 7.22. The zero-order valence-corrected chi connectivity index (χ0v) is 16.0. The molecule has 0 aliphatic rings. The Hall–Kier alpha value is -2.74. The Morgan fingerprint density at radius 2 is 1.54 bits per heavy atom. The number of rotatable bonds is 6. The Kier molecular flexibility index (Phi) is 5.62. The molecule has 2 nitrogen and oxygen atoms in total. The third kappa shape index (κ3) is 3.91. The summed E-state index contributed by atoms with van der Waals surface area (Å²) in [5.74, 6) is 2.25. The topological polar surface area (TPSA) is 21.3 Å². The molecule has 0 bridgehead atoms. The van der Waals surface area contributed by atoms with E-state index >= 15 is 0 Å². The molecule has 0 amide bonds. The first-order valence-electron chi connectivity index (χ1n) is 9.31. The van der Waals surface area contributed by atoms with Crippen molar-refractivity contribution in [1.82, 2.24) is 0 Å². The van der Waals surface area contributed by atoms with Crippen LogP contribution in [0.3, 0.4) is 0 Å². The molecule has 0 atom stereocenters. The zero-order chi connectivity index (χ0) is 18.5. The molecular weight excluding hydrogens is 318 g/mol. The summed E-state index contributed by atoms with van der Waals surface area (Å²) >= 11 is 0. The second-order valence-electron chi connectivity index (χ2n) is 6.88. The smallest absolute Gasteiger partial charge is 0.150 e. The van der Waals surface area contributed by atoms with Crippen LogP contribution in [-0.4, -0.2) is 0 Å². The molecule has 3 aromatic rings. The number of para-hydroxylation sites is 4. The molecular formula is C24H27NO. The van der Waals surface area contributed by atoms with E-state index < -0.39 is 0 Å². The minimum absolute atomic E-state index is 0.410. The summed E-state index contributed by atoms with van der Waals surface area (Å²) in [6, 6.07) is 22.9. The Morgan fingerprint density at radius 3 is 2.23 bits per heavy atom. The summed E-state index contributed by atoms with van der Waals surface area (Å²) in [6.07, 6.45) is 0.948. The van der Waals surface area contributed by atoms with Crippen LogP contribution in [0.15, 0.2) is 66.7 Å². The lowest BCUT2D eigenvalue weighted by atomic mass is 9.98. The van der Waals surface area contributed by atoms with Gasteiger partial charge in [-0.25, -0.2) is 0 Å². The Labute approximate surface area is 156 Å². The van der Waals surface area contributed by atoms with E-state index in [-0.39, 0.29) is 0 Å². The number of benzene rings is 3. The first-order valence-corrected chi connectivity index (χ1v) is 9.31. The third-order valence-electron chi connectivity index (χ3n) is 4.64. The van der Waals surface area contributed by atoms with Gasteiger partial charge in [-0.05, 0) is 54.2 Å². The van der Waals surface area contributed by atoms with Crippen LogP contribution in [-0.2, 0) is 6.42 Å². The maximum atomic E-state index is 6.47. The summed E-state index contributed by atoms with van der Waals surface area (Å²) < 4.78 is 6.47. The van der Waals surface area contributed by atoms with Gasteiger partial charge in [0.25, 0.3) is 0 Å². The lowest BCUT2D eigenvalue weighted by Gasteiger charge is -2.20. The molecule has 0 spiro atoms. The highest BCUT2D eigenvalue weighted by atomic mass is 16.5. The highest BCUT2D eigenvalue weighted by Crippen LogP contribution is 2.38. The van der Waals surface area contributed by atoms with Crippen molar-refractivity contribution in [3.63, 3.8) is 0 Å². The molecule has 0 aliphatic heterocycles. The second kappa shape index (κ2) is 8.09. The highest BCUT2D eigenvalue weighted by molar-refractivity contribution is 5.69. The van der Waals surface area contributed by atoms with Gasteiger partial charge in [0.1, 0.15) is 5.75 Å². The fraction of sp³-hybridized carbons (Fsp3) is 0.250. The van der Waals surface area contributed by atoms with Crippen molar-refractivity contribution in [1.29, 1.82) is 0 Å². The number of ether oxygens (including phenoxy) is 1. The number of hydrogen-bond acceptors (Lipinski definition) is 2. The molecule has 0 saturated heterocycles. The van der Waals surface area contributed by atoms with Crippen molar-refractivity contribution in [2.45, 2.75) is 40.0 Å². The molecule has 2 heteroatoms. The lowest BCUT2D eigenvalue weighted by molar-refractivity contribution is 0.469. The Bertz CT molecular complexity index is 883. The third-order valence-corrected chi connectivity index (χ3v) is 4.64. The number of hydrogen-bond donors (Lipinski definition) is 1. The van der Waals surface area contributed by atoms with E-state index in [1.165, 1.54) is 16.7 Å². The fourth-order valence-corrected chi connectivity index (χ4v) is 3.09. The van der Waals surface area contributed by atoms with Gasteiger partial charge in [0.05, 0.1) is 5.69 Å². The molecule has 26 heavy (non-hydrogen) atoms. The van der Waals surface area contributed by atoms with Gasteiger partial charge in [-0.1, -0.05) is 69.3 Å². The van der Waals surface area contributed by atoms with E-state index in [9.17, 15) is 0 Å². The molecule has 0 saturated carbocycles. The second-order valence-corrected chi connectivity index (χ2v) is 6.88. The van der Waals surface area contributed by atoms with Crippen LogP contribution < -0.4 is 10.1 Å². The molecule has 3 aromatic carbocycles. The first-order chi connectivity index (χ1) is 12.6. The van der Waals surface area contributed by atoms with Crippen molar-refractivity contribution in [2.24, 2.45) is 0 Å². The standard InChI is InChI=1S/C24H27NO/c1-5-19-12-10-13-20(17(2)3)24(19)26-23-16-9-8-15-22(23)25-21-14-7-6-11-18(21)4/h6-17,25H,5H2,1-4H3. The van der Waals surface area contributed by atoms with Crippen LogP contribution >= 0.6 is 0 Å². The van der Waals surface area contributed by atoms with E-state index in [0.29, 0.717) is 5.92 Å². The van der Waals surface area contributed by atoms with Crippen LogP contribution in [0.2, 0.25) is 0 Å². The van der Waals surface area contributed by atoms with Crippen molar-refractivity contribution in [3.05, 3.63) is 83.4 Å². The normalized spacial score (nSPS) is 10.8. The van der Waals surface area contributed by atoms with Crippen LogP contribution in [0.5, 0.6) is 11.5 Å². The van der Waals surface area contributed by atoms with Crippen LogP contribution in [0.4, 0.5) is 11.4 Å². The van der Waals surface area contributed by atoms with Gasteiger partial charge < -0.3 is 10.1 Å². The minimum Gasteiger partial charge on any atom is -0.455 e. The summed E-state index contributed by atoms with van der Waals surface area (Å²) in [7, 11) is 0. The van der Waals surface area contributed by atoms with Gasteiger partial charge in [0.2, 0.25) is 0 Å². The first kappa shape index (κ1) is 18.1. The summed E-state index contributed by atoms with van der Waals surface area (Å²) in [4.78, 5) is 0. The Balaban J connectivity index is 1.99. The van der Waals surface area contributed by atoms with E-state index in [1.807, 2.05) is 24.3 Å². The van der Waals surface area contributed by atoms with E-state index in [4.69, 9.17) is 4.74 Å². The zero-order valence-electron chi connectivity index (χ0n) is 16.0.